The lowest BCUT2D eigenvalue weighted by atomic mass is 10.0. The van der Waals surface area contributed by atoms with Gasteiger partial charge in [0.1, 0.15) is 11.2 Å². The zero-order valence-electron chi connectivity index (χ0n) is 13.8. The van der Waals surface area contributed by atoms with Gasteiger partial charge in [0, 0.05) is 37.1 Å². The molecule has 6 heteroatoms. The molecule has 2 aromatic rings. The molecule has 0 bridgehead atoms. The molecule has 0 spiro atoms. The Labute approximate surface area is 140 Å². The first kappa shape index (κ1) is 15.3. The number of rotatable bonds is 3. The van der Waals surface area contributed by atoms with Crippen LogP contribution < -0.4 is 10.7 Å². The van der Waals surface area contributed by atoms with Crippen LogP contribution in [0.1, 0.15) is 41.7 Å². The second-order valence-corrected chi connectivity index (χ2v) is 6.90. The number of likely N-dealkylation sites (tertiary alicyclic amines) is 1. The van der Waals surface area contributed by atoms with Gasteiger partial charge in [-0.05, 0) is 44.7 Å². The summed E-state index contributed by atoms with van der Waals surface area (Å²) in [4.78, 5) is 34.8. The van der Waals surface area contributed by atoms with E-state index in [2.05, 4.69) is 20.2 Å². The van der Waals surface area contributed by atoms with E-state index in [-0.39, 0.29) is 22.9 Å². The monoisotopic (exact) mass is 326 g/mol. The minimum absolute atomic E-state index is 0.152. The van der Waals surface area contributed by atoms with Crippen molar-refractivity contribution < 1.29 is 4.79 Å². The third kappa shape index (κ3) is 2.94. The van der Waals surface area contributed by atoms with Crippen LogP contribution in [0.3, 0.4) is 0 Å². The van der Waals surface area contributed by atoms with Gasteiger partial charge in [0.2, 0.25) is 5.43 Å². The fraction of sp³-hybridized carbons (Fsp3) is 0.500. The first-order chi connectivity index (χ1) is 11.6. The summed E-state index contributed by atoms with van der Waals surface area (Å²) >= 11 is 0. The molecule has 1 aliphatic heterocycles. The first-order valence-electron chi connectivity index (χ1n) is 8.66. The lowest BCUT2D eigenvalue weighted by molar-refractivity contribution is 0.0908. The highest BCUT2D eigenvalue weighted by molar-refractivity contribution is 5.96. The molecule has 0 radical (unpaired) electrons. The van der Waals surface area contributed by atoms with Crippen LogP contribution in [0.15, 0.2) is 23.1 Å². The fourth-order valence-corrected chi connectivity index (χ4v) is 3.48. The SMILES string of the molecule is Cc1ccc2c(=O)c(C(=O)NC3CCN(C4CC4)CC3)c[nH]c2n1. The van der Waals surface area contributed by atoms with E-state index in [0.29, 0.717) is 11.0 Å². The molecule has 4 rings (SSSR count). The van der Waals surface area contributed by atoms with Crippen LogP contribution in [0.2, 0.25) is 0 Å². The molecule has 1 saturated carbocycles. The standard InChI is InChI=1S/C18H22N4O2/c1-11-2-5-14-16(23)15(10-19-17(14)20-11)18(24)21-12-6-8-22(9-7-12)13-3-4-13/h2,5,10,12-13H,3-4,6-9H2,1H3,(H,21,24)(H,19,20,23). The minimum atomic E-state index is -0.288. The maximum Gasteiger partial charge on any atom is 0.256 e. The van der Waals surface area contributed by atoms with Crippen molar-refractivity contribution >= 4 is 16.9 Å². The zero-order valence-corrected chi connectivity index (χ0v) is 13.8. The van der Waals surface area contributed by atoms with E-state index in [1.165, 1.54) is 19.0 Å². The van der Waals surface area contributed by atoms with Gasteiger partial charge < -0.3 is 15.2 Å². The number of carbonyl (C=O) groups excluding carboxylic acids is 1. The smallest absolute Gasteiger partial charge is 0.256 e. The molecule has 2 fully saturated rings. The van der Waals surface area contributed by atoms with Crippen molar-refractivity contribution in [1.82, 2.24) is 20.2 Å². The summed E-state index contributed by atoms with van der Waals surface area (Å²) in [6.45, 7) is 3.94. The van der Waals surface area contributed by atoms with Crippen molar-refractivity contribution in [3.63, 3.8) is 0 Å². The molecule has 24 heavy (non-hydrogen) atoms. The molecule has 1 saturated heterocycles. The molecule has 1 amide bonds. The lowest BCUT2D eigenvalue weighted by Gasteiger charge is -2.32. The number of nitrogens with zero attached hydrogens (tertiary/aromatic N) is 2. The molecule has 6 nitrogen and oxygen atoms in total. The molecular weight excluding hydrogens is 304 g/mol. The molecule has 1 aliphatic carbocycles. The highest BCUT2D eigenvalue weighted by atomic mass is 16.2. The number of piperidine rings is 1. The molecule has 3 heterocycles. The summed E-state index contributed by atoms with van der Waals surface area (Å²) in [6.07, 6.45) is 6.02. The van der Waals surface area contributed by atoms with Crippen LogP contribution >= 0.6 is 0 Å². The highest BCUT2D eigenvalue weighted by Crippen LogP contribution is 2.29. The number of pyridine rings is 2. The van der Waals surface area contributed by atoms with Crippen LogP contribution in [0.4, 0.5) is 0 Å². The summed E-state index contributed by atoms with van der Waals surface area (Å²) in [5.41, 5.74) is 1.26. The average molecular weight is 326 g/mol. The number of amides is 1. The van der Waals surface area contributed by atoms with Gasteiger partial charge in [-0.1, -0.05) is 0 Å². The number of fused-ring (bicyclic) bond motifs is 1. The van der Waals surface area contributed by atoms with E-state index in [1.54, 1.807) is 12.1 Å². The van der Waals surface area contributed by atoms with Crippen LogP contribution in [0, 0.1) is 6.92 Å². The second kappa shape index (κ2) is 6.02. The van der Waals surface area contributed by atoms with Crippen LogP contribution in [0.25, 0.3) is 11.0 Å². The van der Waals surface area contributed by atoms with Gasteiger partial charge in [-0.25, -0.2) is 4.98 Å². The number of aromatic nitrogens is 2. The Morgan fingerprint density at radius 1 is 1.25 bits per heavy atom. The summed E-state index contributed by atoms with van der Waals surface area (Å²) in [5, 5.41) is 3.48. The number of aromatic amines is 1. The van der Waals surface area contributed by atoms with E-state index in [9.17, 15) is 9.59 Å². The van der Waals surface area contributed by atoms with E-state index in [1.807, 2.05) is 6.92 Å². The zero-order chi connectivity index (χ0) is 16.7. The Bertz CT molecular complexity index is 833. The summed E-state index contributed by atoms with van der Waals surface area (Å²) < 4.78 is 0. The normalized spacial score (nSPS) is 19.5. The van der Waals surface area contributed by atoms with Crippen molar-refractivity contribution in [2.45, 2.75) is 44.7 Å². The van der Waals surface area contributed by atoms with Gasteiger partial charge in [-0.15, -0.1) is 0 Å². The van der Waals surface area contributed by atoms with E-state index in [4.69, 9.17) is 0 Å². The Morgan fingerprint density at radius 2 is 2.00 bits per heavy atom. The molecule has 2 aliphatic rings. The Hall–Kier alpha value is -2.21. The number of H-pyrrole nitrogens is 1. The lowest BCUT2D eigenvalue weighted by Crippen LogP contribution is -2.46. The first-order valence-corrected chi connectivity index (χ1v) is 8.66. The Balaban J connectivity index is 1.48. The molecule has 0 aromatic carbocycles. The van der Waals surface area contributed by atoms with Gasteiger partial charge in [0.05, 0.1) is 5.39 Å². The predicted molar refractivity (Wildman–Crippen MR) is 92.2 cm³/mol. The van der Waals surface area contributed by atoms with Crippen LogP contribution in [0.5, 0.6) is 0 Å². The molecule has 0 atom stereocenters. The third-order valence-corrected chi connectivity index (χ3v) is 5.05. The summed E-state index contributed by atoms with van der Waals surface area (Å²) in [7, 11) is 0. The third-order valence-electron chi connectivity index (χ3n) is 5.05. The van der Waals surface area contributed by atoms with E-state index in [0.717, 1.165) is 37.7 Å². The van der Waals surface area contributed by atoms with Gasteiger partial charge in [-0.3, -0.25) is 9.59 Å². The largest absolute Gasteiger partial charge is 0.349 e. The van der Waals surface area contributed by atoms with Crippen molar-refractivity contribution in [1.29, 1.82) is 0 Å². The summed E-state index contributed by atoms with van der Waals surface area (Å²) in [6, 6.07) is 4.44. The maximum absolute atomic E-state index is 12.5. The van der Waals surface area contributed by atoms with E-state index < -0.39 is 0 Å². The Morgan fingerprint density at radius 3 is 2.71 bits per heavy atom. The maximum atomic E-state index is 12.5. The van der Waals surface area contributed by atoms with Crippen molar-refractivity contribution in [2.24, 2.45) is 0 Å². The number of carbonyl (C=O) groups is 1. The van der Waals surface area contributed by atoms with Crippen molar-refractivity contribution in [3.8, 4) is 0 Å². The summed E-state index contributed by atoms with van der Waals surface area (Å²) in [5.74, 6) is -0.288. The van der Waals surface area contributed by atoms with Gasteiger partial charge in [0.25, 0.3) is 5.91 Å². The molecule has 126 valence electrons. The number of hydrogen-bond acceptors (Lipinski definition) is 4. The predicted octanol–water partition coefficient (Wildman–Crippen LogP) is 1.59. The second-order valence-electron chi connectivity index (χ2n) is 6.90. The highest BCUT2D eigenvalue weighted by Gasteiger charge is 2.32. The quantitative estimate of drug-likeness (QED) is 0.898. The molecular formula is C18H22N4O2. The Kier molecular flexibility index (Phi) is 3.84. The minimum Gasteiger partial charge on any atom is -0.349 e. The van der Waals surface area contributed by atoms with Crippen LogP contribution in [-0.2, 0) is 0 Å². The van der Waals surface area contributed by atoms with Crippen molar-refractivity contribution in [3.05, 3.63) is 39.8 Å². The van der Waals surface area contributed by atoms with Gasteiger partial charge >= 0.3 is 0 Å². The van der Waals surface area contributed by atoms with Crippen LogP contribution in [-0.4, -0.2) is 45.9 Å². The molecule has 0 unspecified atom stereocenters. The van der Waals surface area contributed by atoms with E-state index >= 15 is 0 Å². The molecule has 2 N–H and O–H groups in total. The van der Waals surface area contributed by atoms with Gasteiger partial charge in [0.15, 0.2) is 0 Å². The number of hydrogen-bond donors (Lipinski definition) is 2. The topological polar surface area (TPSA) is 78.1 Å². The fourth-order valence-electron chi connectivity index (χ4n) is 3.48. The average Bonchev–Trinajstić information content (AvgIpc) is 3.40. The van der Waals surface area contributed by atoms with Crippen molar-refractivity contribution in [2.75, 3.05) is 13.1 Å². The number of aryl methyl sites for hydroxylation is 1. The number of nitrogens with one attached hydrogen (secondary N) is 2. The van der Waals surface area contributed by atoms with Gasteiger partial charge in [-0.2, -0.15) is 0 Å². The molecule has 2 aromatic heterocycles.